The van der Waals surface area contributed by atoms with Gasteiger partial charge in [0.25, 0.3) is 0 Å². The van der Waals surface area contributed by atoms with E-state index in [4.69, 9.17) is 5.73 Å². The SMILES string of the molecule is Cc1cccc(-c2ncsc2N)c1. The van der Waals surface area contributed by atoms with Crippen LogP contribution in [0.1, 0.15) is 5.56 Å². The maximum Gasteiger partial charge on any atom is 0.114 e. The molecule has 0 unspecified atom stereocenters. The zero-order valence-electron chi connectivity index (χ0n) is 7.32. The highest BCUT2D eigenvalue weighted by Gasteiger charge is 2.04. The highest BCUT2D eigenvalue weighted by Crippen LogP contribution is 2.27. The standard InChI is InChI=1S/C10H10N2S/c1-7-3-2-4-8(5-7)9-10(11)13-6-12-9/h2-6H,11H2,1H3. The third kappa shape index (κ3) is 1.55. The lowest BCUT2D eigenvalue weighted by atomic mass is 10.1. The quantitative estimate of drug-likeness (QED) is 0.751. The number of anilines is 1. The van der Waals surface area contributed by atoms with Gasteiger partial charge >= 0.3 is 0 Å². The molecule has 13 heavy (non-hydrogen) atoms. The first kappa shape index (κ1) is 8.26. The molecule has 0 bridgehead atoms. The molecule has 2 aromatic rings. The lowest BCUT2D eigenvalue weighted by molar-refractivity contribution is 1.39. The normalized spacial score (nSPS) is 10.2. The van der Waals surface area contributed by atoms with Crippen LogP contribution in [0.15, 0.2) is 29.8 Å². The molecule has 0 saturated carbocycles. The predicted molar refractivity (Wildman–Crippen MR) is 56.7 cm³/mol. The number of thiazole rings is 1. The number of hydrogen-bond acceptors (Lipinski definition) is 3. The molecular weight excluding hydrogens is 180 g/mol. The molecular formula is C10H10N2S. The summed E-state index contributed by atoms with van der Waals surface area (Å²) in [5.41, 5.74) is 10.8. The van der Waals surface area contributed by atoms with Crippen LogP contribution in [0, 0.1) is 6.92 Å². The molecule has 0 spiro atoms. The van der Waals surface area contributed by atoms with Crippen LogP contribution in [0.4, 0.5) is 5.00 Å². The van der Waals surface area contributed by atoms with Gasteiger partial charge in [0.05, 0.1) is 5.51 Å². The lowest BCUT2D eigenvalue weighted by Gasteiger charge is -1.99. The number of aryl methyl sites for hydroxylation is 1. The average molecular weight is 190 g/mol. The van der Waals surface area contributed by atoms with Crippen LogP contribution in [-0.2, 0) is 0 Å². The first-order valence-corrected chi connectivity index (χ1v) is 4.91. The molecule has 0 amide bonds. The van der Waals surface area contributed by atoms with E-state index in [1.165, 1.54) is 16.9 Å². The molecule has 1 aromatic carbocycles. The molecule has 2 rings (SSSR count). The van der Waals surface area contributed by atoms with Gasteiger partial charge in [-0.1, -0.05) is 23.8 Å². The monoisotopic (exact) mass is 190 g/mol. The van der Waals surface area contributed by atoms with Gasteiger partial charge in [-0.15, -0.1) is 11.3 Å². The summed E-state index contributed by atoms with van der Waals surface area (Å²) in [5, 5.41) is 0.783. The minimum Gasteiger partial charge on any atom is -0.389 e. The van der Waals surface area contributed by atoms with Crippen LogP contribution >= 0.6 is 11.3 Å². The minimum atomic E-state index is 0.783. The summed E-state index contributed by atoms with van der Waals surface area (Å²) in [6.07, 6.45) is 0. The smallest absolute Gasteiger partial charge is 0.114 e. The zero-order chi connectivity index (χ0) is 9.26. The molecule has 0 aliphatic rings. The van der Waals surface area contributed by atoms with Crippen LogP contribution in [0.2, 0.25) is 0 Å². The first-order chi connectivity index (χ1) is 6.27. The number of nitrogens with zero attached hydrogens (tertiary/aromatic N) is 1. The first-order valence-electron chi connectivity index (χ1n) is 4.03. The number of benzene rings is 1. The Hall–Kier alpha value is -1.35. The Morgan fingerprint density at radius 2 is 2.23 bits per heavy atom. The van der Waals surface area contributed by atoms with Crippen molar-refractivity contribution in [1.82, 2.24) is 4.98 Å². The number of aromatic nitrogens is 1. The molecule has 1 heterocycles. The Morgan fingerprint density at radius 3 is 2.85 bits per heavy atom. The van der Waals surface area contributed by atoms with Crippen LogP contribution in [-0.4, -0.2) is 4.98 Å². The van der Waals surface area contributed by atoms with Gasteiger partial charge in [0.15, 0.2) is 0 Å². The second kappa shape index (κ2) is 3.18. The molecule has 1 aromatic heterocycles. The van der Waals surface area contributed by atoms with E-state index in [1.807, 2.05) is 12.1 Å². The molecule has 2 N–H and O–H groups in total. The van der Waals surface area contributed by atoms with E-state index in [2.05, 4.69) is 24.0 Å². The molecule has 2 nitrogen and oxygen atoms in total. The minimum absolute atomic E-state index is 0.783. The summed E-state index contributed by atoms with van der Waals surface area (Å²) >= 11 is 1.47. The van der Waals surface area contributed by atoms with Crippen LogP contribution in [0.5, 0.6) is 0 Å². The highest BCUT2D eigenvalue weighted by molar-refractivity contribution is 7.14. The average Bonchev–Trinajstić information content (AvgIpc) is 2.51. The van der Waals surface area contributed by atoms with E-state index in [-0.39, 0.29) is 0 Å². The van der Waals surface area contributed by atoms with Crippen molar-refractivity contribution in [3.63, 3.8) is 0 Å². The predicted octanol–water partition coefficient (Wildman–Crippen LogP) is 2.70. The lowest BCUT2D eigenvalue weighted by Crippen LogP contribution is -1.85. The number of nitrogen functional groups attached to an aromatic ring is 1. The van der Waals surface area contributed by atoms with E-state index in [0.717, 1.165) is 16.3 Å². The summed E-state index contributed by atoms with van der Waals surface area (Å²) in [5.74, 6) is 0. The number of hydrogen-bond donors (Lipinski definition) is 1. The van der Waals surface area contributed by atoms with Crippen molar-refractivity contribution >= 4 is 16.3 Å². The third-order valence-electron chi connectivity index (χ3n) is 1.89. The van der Waals surface area contributed by atoms with Crippen molar-refractivity contribution in [2.75, 3.05) is 5.73 Å². The molecule has 66 valence electrons. The second-order valence-electron chi connectivity index (χ2n) is 2.93. The molecule has 0 aliphatic carbocycles. The fourth-order valence-electron chi connectivity index (χ4n) is 1.26. The van der Waals surface area contributed by atoms with E-state index in [9.17, 15) is 0 Å². The van der Waals surface area contributed by atoms with Crippen molar-refractivity contribution in [2.24, 2.45) is 0 Å². The molecule has 3 heteroatoms. The van der Waals surface area contributed by atoms with Gasteiger partial charge in [-0.3, -0.25) is 0 Å². The van der Waals surface area contributed by atoms with E-state index < -0.39 is 0 Å². The van der Waals surface area contributed by atoms with Crippen LogP contribution < -0.4 is 5.73 Å². The summed E-state index contributed by atoms with van der Waals surface area (Å²) in [6.45, 7) is 2.06. The van der Waals surface area contributed by atoms with Crippen molar-refractivity contribution in [3.05, 3.63) is 35.3 Å². The second-order valence-corrected chi connectivity index (χ2v) is 3.82. The summed E-state index contributed by atoms with van der Waals surface area (Å²) in [7, 11) is 0. The van der Waals surface area contributed by atoms with Crippen molar-refractivity contribution in [2.45, 2.75) is 6.92 Å². The topological polar surface area (TPSA) is 38.9 Å². The van der Waals surface area contributed by atoms with Gasteiger partial charge in [0.1, 0.15) is 10.7 Å². The maximum absolute atomic E-state index is 5.78. The van der Waals surface area contributed by atoms with Gasteiger partial charge < -0.3 is 5.73 Å². The van der Waals surface area contributed by atoms with Crippen molar-refractivity contribution in [3.8, 4) is 11.3 Å². The van der Waals surface area contributed by atoms with Crippen LogP contribution in [0.25, 0.3) is 11.3 Å². The van der Waals surface area contributed by atoms with E-state index in [1.54, 1.807) is 5.51 Å². The largest absolute Gasteiger partial charge is 0.389 e. The summed E-state index contributed by atoms with van der Waals surface area (Å²) < 4.78 is 0. The number of rotatable bonds is 1. The van der Waals surface area contributed by atoms with E-state index >= 15 is 0 Å². The zero-order valence-corrected chi connectivity index (χ0v) is 8.14. The van der Waals surface area contributed by atoms with Crippen molar-refractivity contribution in [1.29, 1.82) is 0 Å². The Kier molecular flexibility index (Phi) is 2.02. The Balaban J connectivity index is 2.53. The van der Waals surface area contributed by atoms with Gasteiger partial charge in [0, 0.05) is 5.56 Å². The van der Waals surface area contributed by atoms with E-state index in [0.29, 0.717) is 0 Å². The Bertz CT molecular complexity index is 420. The highest BCUT2D eigenvalue weighted by atomic mass is 32.1. The maximum atomic E-state index is 5.78. The molecule has 0 aliphatic heterocycles. The van der Waals surface area contributed by atoms with Gasteiger partial charge in [-0.2, -0.15) is 0 Å². The number of nitrogens with two attached hydrogens (primary N) is 1. The third-order valence-corrected chi connectivity index (χ3v) is 2.54. The summed E-state index contributed by atoms with van der Waals surface area (Å²) in [4.78, 5) is 4.22. The van der Waals surface area contributed by atoms with Gasteiger partial charge in [0.2, 0.25) is 0 Å². The molecule has 0 saturated heterocycles. The Morgan fingerprint density at radius 1 is 1.38 bits per heavy atom. The molecule has 0 atom stereocenters. The fraction of sp³-hybridized carbons (Fsp3) is 0.100. The molecule has 0 radical (unpaired) electrons. The fourth-order valence-corrected chi connectivity index (χ4v) is 1.82. The summed E-state index contributed by atoms with van der Waals surface area (Å²) in [6, 6.07) is 8.19. The van der Waals surface area contributed by atoms with Gasteiger partial charge in [-0.05, 0) is 13.0 Å². The molecule has 0 fully saturated rings. The van der Waals surface area contributed by atoms with Gasteiger partial charge in [-0.25, -0.2) is 4.98 Å². The Labute approximate surface area is 81.1 Å². The van der Waals surface area contributed by atoms with Crippen molar-refractivity contribution < 1.29 is 0 Å². The van der Waals surface area contributed by atoms with Crippen LogP contribution in [0.3, 0.4) is 0 Å².